The lowest BCUT2D eigenvalue weighted by molar-refractivity contribution is -0.118. The van der Waals surface area contributed by atoms with Crippen LogP contribution in [-0.2, 0) is 4.79 Å². The summed E-state index contributed by atoms with van der Waals surface area (Å²) in [5, 5.41) is 4.21. The highest BCUT2D eigenvalue weighted by Gasteiger charge is 2.05. The molecule has 0 radical (unpaired) electrons. The second-order valence-corrected chi connectivity index (χ2v) is 5.63. The molecule has 0 aliphatic heterocycles. The maximum Gasteiger partial charge on any atom is 0.250 e. The Morgan fingerprint density at radius 1 is 1.22 bits per heavy atom. The van der Waals surface area contributed by atoms with E-state index in [0.29, 0.717) is 10.7 Å². The number of hydrogen-bond acceptors (Lipinski definition) is 5. The Bertz CT molecular complexity index is 732. The average molecular weight is 336 g/mol. The molecule has 1 heterocycles. The fraction of sp³-hybridized carbons (Fsp3) is 0.200. The maximum absolute atomic E-state index is 13.0. The first-order valence-corrected chi connectivity index (χ1v) is 7.64. The van der Waals surface area contributed by atoms with E-state index in [9.17, 15) is 13.6 Å². The molecule has 1 aromatic carbocycles. The number of amides is 1. The van der Waals surface area contributed by atoms with E-state index < -0.39 is 11.6 Å². The summed E-state index contributed by atoms with van der Waals surface area (Å²) in [7, 11) is 0. The van der Waals surface area contributed by atoms with Gasteiger partial charge in [0, 0.05) is 11.4 Å². The van der Waals surface area contributed by atoms with Crippen molar-refractivity contribution in [2.75, 3.05) is 5.75 Å². The number of carbonyl (C=O) groups excluding carboxylic acids is 1. The van der Waals surface area contributed by atoms with Crippen LogP contribution >= 0.6 is 11.8 Å². The Balaban J connectivity index is 1.85. The van der Waals surface area contributed by atoms with Gasteiger partial charge in [-0.05, 0) is 37.6 Å². The third kappa shape index (κ3) is 5.41. The minimum atomic E-state index is -0.970. The first-order chi connectivity index (χ1) is 10.9. The molecule has 1 aromatic heterocycles. The molecule has 0 atom stereocenters. The van der Waals surface area contributed by atoms with Crippen molar-refractivity contribution < 1.29 is 13.6 Å². The van der Waals surface area contributed by atoms with E-state index in [4.69, 9.17) is 0 Å². The third-order valence-electron chi connectivity index (χ3n) is 2.64. The number of benzene rings is 1. The lowest BCUT2D eigenvalue weighted by Crippen LogP contribution is -2.19. The van der Waals surface area contributed by atoms with Crippen molar-refractivity contribution in [1.82, 2.24) is 15.4 Å². The molecule has 1 amide bonds. The van der Waals surface area contributed by atoms with E-state index >= 15 is 0 Å². The molecule has 0 fully saturated rings. The standard InChI is InChI=1S/C15H14F2N4OS/c1-9-5-10(2)20-15(19-9)23-8-14(22)21-18-7-11-3-4-12(16)13(17)6-11/h3-7H,8H2,1-2H3,(H,21,22)/b18-7+. The summed E-state index contributed by atoms with van der Waals surface area (Å²) in [6.07, 6.45) is 1.23. The van der Waals surface area contributed by atoms with E-state index in [0.717, 1.165) is 23.5 Å². The molecule has 2 aromatic rings. The second kappa shape index (κ2) is 7.77. The topological polar surface area (TPSA) is 67.2 Å². The van der Waals surface area contributed by atoms with Gasteiger partial charge in [0.25, 0.3) is 5.91 Å². The number of nitrogens with one attached hydrogen (secondary N) is 1. The van der Waals surface area contributed by atoms with E-state index in [1.807, 2.05) is 19.9 Å². The molecule has 0 saturated heterocycles. The molecule has 2 rings (SSSR count). The van der Waals surface area contributed by atoms with Crippen LogP contribution in [0.5, 0.6) is 0 Å². The van der Waals surface area contributed by atoms with Gasteiger partial charge in [-0.2, -0.15) is 5.10 Å². The van der Waals surface area contributed by atoms with Gasteiger partial charge in [-0.25, -0.2) is 24.2 Å². The molecule has 8 heteroatoms. The smallest absolute Gasteiger partial charge is 0.250 e. The largest absolute Gasteiger partial charge is 0.272 e. The van der Waals surface area contributed by atoms with Crippen molar-refractivity contribution >= 4 is 23.9 Å². The van der Waals surface area contributed by atoms with Crippen LogP contribution in [0.2, 0.25) is 0 Å². The molecular formula is C15H14F2N4OS. The number of nitrogens with zero attached hydrogens (tertiary/aromatic N) is 3. The van der Waals surface area contributed by atoms with Crippen LogP contribution in [0, 0.1) is 25.5 Å². The number of thioether (sulfide) groups is 1. The van der Waals surface area contributed by atoms with Crippen molar-refractivity contribution in [3.8, 4) is 0 Å². The monoisotopic (exact) mass is 336 g/mol. The summed E-state index contributed by atoms with van der Waals surface area (Å²) < 4.78 is 25.8. The number of hydrogen-bond donors (Lipinski definition) is 1. The van der Waals surface area contributed by atoms with Crippen molar-refractivity contribution in [1.29, 1.82) is 0 Å². The number of hydrazone groups is 1. The van der Waals surface area contributed by atoms with E-state index in [2.05, 4.69) is 20.5 Å². The molecule has 23 heavy (non-hydrogen) atoms. The number of aromatic nitrogens is 2. The summed E-state index contributed by atoms with van der Waals surface area (Å²) in [6.45, 7) is 3.70. The molecule has 120 valence electrons. The highest BCUT2D eigenvalue weighted by Crippen LogP contribution is 2.13. The predicted molar refractivity (Wildman–Crippen MR) is 84.3 cm³/mol. The van der Waals surface area contributed by atoms with Crippen molar-refractivity contribution in [3.05, 3.63) is 52.9 Å². The van der Waals surface area contributed by atoms with Gasteiger partial charge in [0.15, 0.2) is 16.8 Å². The van der Waals surface area contributed by atoms with Crippen LogP contribution in [0.3, 0.4) is 0 Å². The van der Waals surface area contributed by atoms with Gasteiger partial charge >= 0.3 is 0 Å². The van der Waals surface area contributed by atoms with Crippen LogP contribution in [0.25, 0.3) is 0 Å². The Kier molecular flexibility index (Phi) is 5.75. The van der Waals surface area contributed by atoms with Crippen LogP contribution in [-0.4, -0.2) is 27.8 Å². The van der Waals surface area contributed by atoms with Gasteiger partial charge in [-0.1, -0.05) is 17.8 Å². The normalized spacial score (nSPS) is 11.0. The summed E-state index contributed by atoms with van der Waals surface area (Å²) in [5.41, 5.74) is 4.31. The zero-order valence-electron chi connectivity index (χ0n) is 12.5. The molecule has 0 aliphatic rings. The van der Waals surface area contributed by atoms with Gasteiger partial charge in [0.05, 0.1) is 12.0 Å². The Hall–Kier alpha value is -2.35. The molecule has 0 saturated carbocycles. The number of halogens is 2. The molecule has 0 unspecified atom stereocenters. The first kappa shape index (κ1) is 17.0. The minimum Gasteiger partial charge on any atom is -0.272 e. The summed E-state index contributed by atoms with van der Waals surface area (Å²) in [6, 6.07) is 5.18. The molecule has 1 N–H and O–H groups in total. The molecule has 5 nitrogen and oxygen atoms in total. The number of rotatable bonds is 5. The quantitative estimate of drug-likeness (QED) is 0.394. The third-order valence-corrected chi connectivity index (χ3v) is 3.49. The van der Waals surface area contributed by atoms with E-state index in [1.165, 1.54) is 24.0 Å². The Morgan fingerprint density at radius 2 is 1.91 bits per heavy atom. The van der Waals surface area contributed by atoms with Crippen LogP contribution < -0.4 is 5.43 Å². The zero-order chi connectivity index (χ0) is 16.8. The molecule has 0 aliphatic carbocycles. The van der Waals surface area contributed by atoms with Crippen LogP contribution in [0.1, 0.15) is 17.0 Å². The van der Waals surface area contributed by atoms with Gasteiger partial charge < -0.3 is 0 Å². The predicted octanol–water partition coefficient (Wildman–Crippen LogP) is 2.61. The number of carbonyl (C=O) groups is 1. The van der Waals surface area contributed by atoms with Crippen LogP contribution in [0.15, 0.2) is 34.5 Å². The lowest BCUT2D eigenvalue weighted by Gasteiger charge is -2.02. The second-order valence-electron chi connectivity index (χ2n) is 4.69. The Labute approximate surface area is 136 Å². The van der Waals surface area contributed by atoms with Gasteiger partial charge in [-0.15, -0.1) is 0 Å². The average Bonchev–Trinajstić information content (AvgIpc) is 2.48. The minimum absolute atomic E-state index is 0.0953. The van der Waals surface area contributed by atoms with Gasteiger partial charge in [0.1, 0.15) is 0 Å². The van der Waals surface area contributed by atoms with E-state index in [-0.39, 0.29) is 11.7 Å². The number of aryl methyl sites for hydroxylation is 2. The summed E-state index contributed by atoms with van der Waals surface area (Å²) in [5.74, 6) is -2.16. The SMILES string of the molecule is Cc1cc(C)nc(SCC(=O)N/N=C/c2ccc(F)c(F)c2)n1. The fourth-order valence-corrected chi connectivity index (χ4v) is 2.43. The van der Waals surface area contributed by atoms with Crippen molar-refractivity contribution in [2.24, 2.45) is 5.10 Å². The van der Waals surface area contributed by atoms with Crippen LogP contribution in [0.4, 0.5) is 8.78 Å². The molecule has 0 bridgehead atoms. The lowest BCUT2D eigenvalue weighted by atomic mass is 10.2. The van der Waals surface area contributed by atoms with Crippen molar-refractivity contribution in [2.45, 2.75) is 19.0 Å². The summed E-state index contributed by atoms with van der Waals surface area (Å²) >= 11 is 1.19. The van der Waals surface area contributed by atoms with E-state index in [1.54, 1.807) is 0 Å². The highest BCUT2D eigenvalue weighted by molar-refractivity contribution is 7.99. The van der Waals surface area contributed by atoms with Gasteiger partial charge in [0.2, 0.25) is 0 Å². The zero-order valence-corrected chi connectivity index (χ0v) is 13.3. The van der Waals surface area contributed by atoms with Crippen molar-refractivity contribution in [3.63, 3.8) is 0 Å². The highest BCUT2D eigenvalue weighted by atomic mass is 32.2. The maximum atomic E-state index is 13.0. The van der Waals surface area contributed by atoms with Gasteiger partial charge in [-0.3, -0.25) is 4.79 Å². The molecular weight excluding hydrogens is 322 g/mol. The Morgan fingerprint density at radius 3 is 2.57 bits per heavy atom. The first-order valence-electron chi connectivity index (χ1n) is 6.66. The summed E-state index contributed by atoms with van der Waals surface area (Å²) in [4.78, 5) is 20.1. The fourth-order valence-electron chi connectivity index (χ4n) is 1.69. The molecule has 0 spiro atoms.